The highest BCUT2D eigenvalue weighted by atomic mass is 16.7. The van der Waals surface area contributed by atoms with Gasteiger partial charge in [-0.1, -0.05) is 35.5 Å². The van der Waals surface area contributed by atoms with Gasteiger partial charge >= 0.3 is 12.2 Å². The van der Waals surface area contributed by atoms with E-state index in [-0.39, 0.29) is 6.42 Å². The molecule has 0 bridgehead atoms. The van der Waals surface area contributed by atoms with Crippen LogP contribution in [0.4, 0.5) is 9.59 Å². The number of rotatable bonds is 4. The molecule has 9 heteroatoms. The number of carbonyl (C=O) groups excluding carboxylic acids is 2. The average molecular weight is 436 g/mol. The van der Waals surface area contributed by atoms with Crippen molar-refractivity contribution in [3.05, 3.63) is 35.9 Å². The van der Waals surface area contributed by atoms with Crippen LogP contribution in [0.1, 0.15) is 60.5 Å². The van der Waals surface area contributed by atoms with E-state index in [0.717, 1.165) is 10.6 Å². The lowest BCUT2D eigenvalue weighted by molar-refractivity contribution is -0.151. The smallest absolute Gasteiger partial charge is 0.430 e. The first kappa shape index (κ1) is 24.5. The van der Waals surface area contributed by atoms with Crippen LogP contribution in [0.15, 0.2) is 35.5 Å². The molecule has 2 atom stereocenters. The predicted octanol–water partition coefficient (Wildman–Crippen LogP) is 3.76. The highest BCUT2D eigenvalue weighted by Crippen LogP contribution is 2.34. The summed E-state index contributed by atoms with van der Waals surface area (Å²) in [5.74, 6) is 0. The van der Waals surface area contributed by atoms with E-state index >= 15 is 0 Å². The number of nitrogens with one attached hydrogen (secondary N) is 1. The third kappa shape index (κ3) is 6.33. The molecule has 2 amide bonds. The van der Waals surface area contributed by atoms with Gasteiger partial charge in [0.05, 0.1) is 5.71 Å². The molecule has 0 aromatic heterocycles. The summed E-state index contributed by atoms with van der Waals surface area (Å²) in [5.41, 5.74) is 0.618. The summed E-state index contributed by atoms with van der Waals surface area (Å²) in [6.07, 6.45) is -2.57. The molecule has 0 spiro atoms. The Morgan fingerprint density at radius 1 is 1.13 bits per heavy atom. The second-order valence-corrected chi connectivity index (χ2v) is 9.47. The summed E-state index contributed by atoms with van der Waals surface area (Å²) in [7, 11) is 0. The fraction of sp³-hybridized carbons (Fsp3) is 0.591. The molecule has 2 unspecified atom stereocenters. The number of amides is 2. The normalized spacial score (nSPS) is 21.0. The number of benzene rings is 1. The van der Waals surface area contributed by atoms with E-state index in [1.165, 1.54) is 0 Å². The SMILES string of the molecule is CC1=NOC(O)C1(CCc1ccccc1)N(NC(=O)OC(C)(C)C)C(=O)OC(C)(C)C. The zero-order valence-electron chi connectivity index (χ0n) is 19.3. The third-order valence-electron chi connectivity index (χ3n) is 4.54. The molecule has 1 aliphatic rings. The van der Waals surface area contributed by atoms with E-state index in [2.05, 4.69) is 10.6 Å². The average Bonchev–Trinajstić information content (AvgIpc) is 2.91. The molecule has 1 heterocycles. The van der Waals surface area contributed by atoms with Crippen LogP contribution >= 0.6 is 0 Å². The number of aliphatic hydroxyl groups excluding tert-OH is 1. The maximum absolute atomic E-state index is 13.2. The number of hydrogen-bond donors (Lipinski definition) is 2. The summed E-state index contributed by atoms with van der Waals surface area (Å²) in [6.45, 7) is 11.8. The molecule has 31 heavy (non-hydrogen) atoms. The van der Waals surface area contributed by atoms with E-state index in [1.807, 2.05) is 30.3 Å². The monoisotopic (exact) mass is 435 g/mol. The van der Waals surface area contributed by atoms with Crippen LogP contribution in [0.3, 0.4) is 0 Å². The van der Waals surface area contributed by atoms with Gasteiger partial charge in [0.15, 0.2) is 5.54 Å². The van der Waals surface area contributed by atoms with Crippen molar-refractivity contribution >= 4 is 17.9 Å². The van der Waals surface area contributed by atoms with Crippen molar-refractivity contribution in [1.29, 1.82) is 0 Å². The van der Waals surface area contributed by atoms with E-state index < -0.39 is 35.2 Å². The summed E-state index contributed by atoms with van der Waals surface area (Å²) in [6, 6.07) is 9.56. The molecule has 1 aromatic carbocycles. The maximum Gasteiger partial charge on any atom is 0.430 e. The Hall–Kier alpha value is -2.81. The number of aryl methyl sites for hydroxylation is 1. The topological polar surface area (TPSA) is 110 Å². The molecule has 0 fully saturated rings. The van der Waals surface area contributed by atoms with Crippen molar-refractivity contribution in [2.75, 3.05) is 0 Å². The standard InChI is InChI=1S/C22H33N3O6/c1-15-22(17(26)31-24-15,14-13-16-11-9-8-10-12-16)25(19(28)30-21(5,6)7)23-18(27)29-20(2,3)4/h8-12,17,26H,13-14H2,1-7H3,(H,23,27). The van der Waals surface area contributed by atoms with Gasteiger partial charge in [0.25, 0.3) is 6.29 Å². The number of carbonyl (C=O) groups is 2. The van der Waals surface area contributed by atoms with Crippen molar-refractivity contribution in [2.45, 2.75) is 84.3 Å². The lowest BCUT2D eigenvalue weighted by Crippen LogP contribution is -2.67. The molecule has 2 N–H and O–H groups in total. The molecule has 0 aliphatic carbocycles. The van der Waals surface area contributed by atoms with Gasteiger partial charge in [-0.05, 0) is 66.9 Å². The third-order valence-corrected chi connectivity index (χ3v) is 4.54. The molecule has 0 saturated carbocycles. The number of nitrogens with zero attached hydrogens (tertiary/aromatic N) is 2. The largest absolute Gasteiger partial charge is 0.443 e. The van der Waals surface area contributed by atoms with Crippen LogP contribution in [0.5, 0.6) is 0 Å². The highest BCUT2D eigenvalue weighted by Gasteiger charge is 2.56. The molecule has 1 aliphatic heterocycles. The lowest BCUT2D eigenvalue weighted by Gasteiger charge is -2.41. The quantitative estimate of drug-likeness (QED) is 0.697. The Balaban J connectivity index is 2.43. The minimum Gasteiger partial charge on any atom is -0.443 e. The summed E-state index contributed by atoms with van der Waals surface area (Å²) < 4.78 is 10.8. The fourth-order valence-electron chi connectivity index (χ4n) is 3.15. The van der Waals surface area contributed by atoms with Crippen molar-refractivity contribution in [3.63, 3.8) is 0 Å². The molecule has 0 saturated heterocycles. The zero-order valence-corrected chi connectivity index (χ0v) is 19.3. The van der Waals surface area contributed by atoms with Gasteiger partial charge in [0, 0.05) is 0 Å². The lowest BCUT2D eigenvalue weighted by atomic mass is 9.86. The summed E-state index contributed by atoms with van der Waals surface area (Å²) in [4.78, 5) is 30.9. The van der Waals surface area contributed by atoms with Crippen LogP contribution < -0.4 is 5.43 Å². The first-order chi connectivity index (χ1) is 14.2. The molecular formula is C22H33N3O6. The first-order valence-electron chi connectivity index (χ1n) is 10.2. The predicted molar refractivity (Wildman–Crippen MR) is 115 cm³/mol. The molecule has 172 valence electrons. The highest BCUT2D eigenvalue weighted by molar-refractivity contribution is 5.96. The van der Waals surface area contributed by atoms with Gasteiger partial charge in [0.2, 0.25) is 0 Å². The summed E-state index contributed by atoms with van der Waals surface area (Å²) >= 11 is 0. The number of hydrogen-bond acceptors (Lipinski definition) is 7. The van der Waals surface area contributed by atoms with Crippen LogP contribution in [0.2, 0.25) is 0 Å². The van der Waals surface area contributed by atoms with Crippen molar-refractivity contribution in [2.24, 2.45) is 5.16 Å². The van der Waals surface area contributed by atoms with E-state index in [9.17, 15) is 14.7 Å². The van der Waals surface area contributed by atoms with E-state index in [4.69, 9.17) is 14.3 Å². The Kier molecular flexibility index (Phi) is 7.21. The van der Waals surface area contributed by atoms with Crippen LogP contribution in [0, 0.1) is 0 Å². The van der Waals surface area contributed by atoms with Gasteiger partial charge in [-0.15, -0.1) is 0 Å². The van der Waals surface area contributed by atoms with Crippen molar-refractivity contribution < 1.29 is 29.0 Å². The molecule has 0 radical (unpaired) electrons. The van der Waals surface area contributed by atoms with Gasteiger partial charge in [-0.2, -0.15) is 5.01 Å². The van der Waals surface area contributed by atoms with E-state index in [1.54, 1.807) is 48.5 Å². The number of hydrazine groups is 1. The van der Waals surface area contributed by atoms with E-state index in [0.29, 0.717) is 12.1 Å². The van der Waals surface area contributed by atoms with Gasteiger partial charge in [-0.3, -0.25) is 0 Å². The number of ether oxygens (including phenoxy) is 2. The zero-order chi connectivity index (χ0) is 23.4. The maximum atomic E-state index is 13.2. The fourth-order valence-corrected chi connectivity index (χ4v) is 3.15. The van der Waals surface area contributed by atoms with Crippen molar-refractivity contribution in [1.82, 2.24) is 10.4 Å². The molecule has 9 nitrogen and oxygen atoms in total. The van der Waals surface area contributed by atoms with Crippen LogP contribution in [0.25, 0.3) is 0 Å². The molecular weight excluding hydrogens is 402 g/mol. The minimum absolute atomic E-state index is 0.211. The Morgan fingerprint density at radius 3 is 2.19 bits per heavy atom. The van der Waals surface area contributed by atoms with Gasteiger partial charge in [0.1, 0.15) is 11.2 Å². The Morgan fingerprint density at radius 2 is 1.71 bits per heavy atom. The molecule has 2 rings (SSSR count). The Labute approximate surface area is 183 Å². The number of aliphatic hydroxyl groups is 1. The second kappa shape index (κ2) is 9.13. The molecule has 1 aromatic rings. The summed E-state index contributed by atoms with van der Waals surface area (Å²) in [5, 5.41) is 15.6. The Bertz CT molecular complexity index is 813. The second-order valence-electron chi connectivity index (χ2n) is 9.47. The van der Waals surface area contributed by atoms with Crippen LogP contribution in [-0.4, -0.2) is 51.0 Å². The minimum atomic E-state index is -1.52. The van der Waals surface area contributed by atoms with Crippen LogP contribution in [-0.2, 0) is 20.7 Å². The first-order valence-corrected chi connectivity index (χ1v) is 10.2. The van der Waals surface area contributed by atoms with Crippen molar-refractivity contribution in [3.8, 4) is 0 Å². The van der Waals surface area contributed by atoms with Gasteiger partial charge < -0.3 is 19.4 Å². The van der Waals surface area contributed by atoms with Gasteiger partial charge in [-0.25, -0.2) is 15.0 Å². The number of oxime groups is 1.